The van der Waals surface area contributed by atoms with Crippen LogP contribution in [0.25, 0.3) is 10.9 Å². The number of aryl methyl sites for hydroxylation is 1. The van der Waals surface area contributed by atoms with Gasteiger partial charge in [0.25, 0.3) is 0 Å². The summed E-state index contributed by atoms with van der Waals surface area (Å²) in [5.41, 5.74) is 9.77. The van der Waals surface area contributed by atoms with E-state index in [1.54, 1.807) is 7.11 Å². The quantitative estimate of drug-likeness (QED) is 0.372. The topological polar surface area (TPSA) is 81.3 Å². The van der Waals surface area contributed by atoms with Gasteiger partial charge in [0.1, 0.15) is 11.6 Å². The van der Waals surface area contributed by atoms with Gasteiger partial charge in [-0.3, -0.25) is 5.01 Å². The summed E-state index contributed by atoms with van der Waals surface area (Å²) < 4.78 is 5.32. The lowest BCUT2D eigenvalue weighted by Gasteiger charge is -2.32. The number of hydrogen-bond acceptors (Lipinski definition) is 7. The molecule has 2 aromatic carbocycles. The molecule has 35 heavy (non-hydrogen) atoms. The van der Waals surface area contributed by atoms with E-state index in [1.165, 1.54) is 33.2 Å². The third-order valence-electron chi connectivity index (χ3n) is 7.13. The average Bonchev–Trinajstić information content (AvgIpc) is 3.44. The summed E-state index contributed by atoms with van der Waals surface area (Å²) in [6, 6.07) is 15.0. The molecule has 8 nitrogen and oxygen atoms in total. The Morgan fingerprint density at radius 1 is 1.11 bits per heavy atom. The number of para-hydroxylation sites is 1. The molecule has 180 valence electrons. The Hall–Kier alpha value is -3.78. The number of nitrogens with one attached hydrogen (secondary N) is 3. The minimum atomic E-state index is 0.264. The molecule has 0 fully saturated rings. The molecule has 2 aliphatic rings. The lowest BCUT2D eigenvalue weighted by molar-refractivity contribution is 0.414. The highest BCUT2D eigenvalue weighted by Gasteiger charge is 2.37. The molecule has 2 aliphatic heterocycles. The van der Waals surface area contributed by atoms with Gasteiger partial charge in [0.15, 0.2) is 5.82 Å². The minimum Gasteiger partial charge on any atom is -0.497 e. The Balaban J connectivity index is 1.24. The van der Waals surface area contributed by atoms with Crippen molar-refractivity contribution in [2.24, 2.45) is 0 Å². The third kappa shape index (κ3) is 3.93. The van der Waals surface area contributed by atoms with Crippen LogP contribution in [0.15, 0.2) is 48.7 Å². The van der Waals surface area contributed by atoms with E-state index in [0.717, 1.165) is 49.9 Å². The van der Waals surface area contributed by atoms with Crippen LogP contribution in [0, 0.1) is 6.92 Å². The highest BCUT2D eigenvalue weighted by Crippen LogP contribution is 2.43. The van der Waals surface area contributed by atoms with Crippen LogP contribution in [0.5, 0.6) is 5.75 Å². The van der Waals surface area contributed by atoms with Crippen molar-refractivity contribution in [2.75, 3.05) is 42.5 Å². The van der Waals surface area contributed by atoms with E-state index in [9.17, 15) is 0 Å². The van der Waals surface area contributed by atoms with Crippen LogP contribution in [0.4, 0.5) is 17.6 Å². The lowest BCUT2D eigenvalue weighted by atomic mass is 10.0. The normalized spacial score (nSPS) is 16.6. The Morgan fingerprint density at radius 2 is 1.94 bits per heavy atom. The molecule has 2 aromatic heterocycles. The summed E-state index contributed by atoms with van der Waals surface area (Å²) >= 11 is 0. The van der Waals surface area contributed by atoms with Gasteiger partial charge in [0.05, 0.1) is 18.7 Å². The fraction of sp³-hybridized carbons (Fsp3) is 0.333. The van der Waals surface area contributed by atoms with Gasteiger partial charge in [0, 0.05) is 43.8 Å². The first-order valence-corrected chi connectivity index (χ1v) is 12.2. The molecular formula is C27H31N7O. The Kier molecular flexibility index (Phi) is 5.45. The monoisotopic (exact) mass is 469 g/mol. The number of rotatable bonds is 7. The minimum absolute atomic E-state index is 0.264. The zero-order chi connectivity index (χ0) is 23.9. The molecule has 0 spiro atoms. The SMILES string of the molecule is COc1ccc(CN2CCC3NN(C)c4nc(NCCc5c[nH]c6c(C)cccc56)nc2c43)cc1. The fourth-order valence-electron chi connectivity index (χ4n) is 5.28. The van der Waals surface area contributed by atoms with Crippen molar-refractivity contribution < 1.29 is 4.74 Å². The van der Waals surface area contributed by atoms with Crippen molar-refractivity contribution in [3.63, 3.8) is 0 Å². The smallest absolute Gasteiger partial charge is 0.226 e. The summed E-state index contributed by atoms with van der Waals surface area (Å²) in [6.07, 6.45) is 4.04. The number of ether oxygens (including phenoxy) is 1. The van der Waals surface area contributed by atoms with Crippen LogP contribution in [-0.2, 0) is 13.0 Å². The number of benzene rings is 2. The molecular weight excluding hydrogens is 438 g/mol. The molecule has 1 atom stereocenters. The number of methoxy groups -OCH3 is 1. The summed E-state index contributed by atoms with van der Waals surface area (Å²) in [6.45, 7) is 4.64. The highest BCUT2D eigenvalue weighted by atomic mass is 16.5. The van der Waals surface area contributed by atoms with E-state index in [2.05, 4.69) is 64.1 Å². The molecule has 4 aromatic rings. The second-order valence-electron chi connectivity index (χ2n) is 9.40. The van der Waals surface area contributed by atoms with Crippen molar-refractivity contribution in [3.8, 4) is 5.75 Å². The van der Waals surface area contributed by atoms with Crippen LogP contribution < -0.4 is 25.4 Å². The van der Waals surface area contributed by atoms with Gasteiger partial charge in [0.2, 0.25) is 5.95 Å². The Labute approximate surface area is 205 Å². The Bertz CT molecular complexity index is 1360. The molecule has 3 N–H and O–H groups in total. The van der Waals surface area contributed by atoms with E-state index in [-0.39, 0.29) is 6.04 Å². The maximum atomic E-state index is 5.32. The number of hydrogen-bond donors (Lipinski definition) is 3. The first kappa shape index (κ1) is 21.7. The van der Waals surface area contributed by atoms with Crippen molar-refractivity contribution in [1.82, 2.24) is 20.4 Å². The number of H-pyrrole nitrogens is 1. The number of nitrogens with zero attached hydrogens (tertiary/aromatic N) is 4. The molecule has 0 radical (unpaired) electrons. The van der Waals surface area contributed by atoms with E-state index >= 15 is 0 Å². The largest absolute Gasteiger partial charge is 0.497 e. The van der Waals surface area contributed by atoms with Crippen molar-refractivity contribution in [2.45, 2.75) is 32.4 Å². The predicted octanol–water partition coefficient (Wildman–Crippen LogP) is 4.34. The summed E-state index contributed by atoms with van der Waals surface area (Å²) in [5, 5.41) is 6.82. The predicted molar refractivity (Wildman–Crippen MR) is 140 cm³/mol. The van der Waals surface area contributed by atoms with Gasteiger partial charge in [-0.1, -0.05) is 30.3 Å². The second kappa shape index (κ2) is 8.78. The number of hydrazine groups is 1. The van der Waals surface area contributed by atoms with Gasteiger partial charge in [-0.05, 0) is 48.6 Å². The summed E-state index contributed by atoms with van der Waals surface area (Å²) in [5.74, 6) is 3.53. The van der Waals surface area contributed by atoms with Crippen LogP contribution in [0.2, 0.25) is 0 Å². The van der Waals surface area contributed by atoms with Crippen LogP contribution in [0.1, 0.15) is 34.7 Å². The van der Waals surface area contributed by atoms with E-state index in [1.807, 2.05) is 24.2 Å². The van der Waals surface area contributed by atoms with E-state index in [0.29, 0.717) is 5.95 Å². The molecule has 0 aliphatic carbocycles. The number of anilines is 3. The average molecular weight is 470 g/mol. The maximum absolute atomic E-state index is 5.32. The second-order valence-corrected chi connectivity index (χ2v) is 9.40. The highest BCUT2D eigenvalue weighted by molar-refractivity contribution is 5.85. The van der Waals surface area contributed by atoms with Crippen molar-refractivity contribution >= 4 is 28.5 Å². The number of aromatic nitrogens is 3. The van der Waals surface area contributed by atoms with Gasteiger partial charge >= 0.3 is 0 Å². The maximum Gasteiger partial charge on any atom is 0.226 e. The van der Waals surface area contributed by atoms with Crippen LogP contribution in [-0.4, -0.2) is 42.2 Å². The Morgan fingerprint density at radius 3 is 2.77 bits per heavy atom. The van der Waals surface area contributed by atoms with Crippen molar-refractivity contribution in [3.05, 3.63) is 70.9 Å². The van der Waals surface area contributed by atoms with Gasteiger partial charge in [-0.25, -0.2) is 5.43 Å². The van der Waals surface area contributed by atoms with E-state index < -0.39 is 0 Å². The standard InChI is InChI=1S/C27H31N7O/c1-17-5-4-6-21-19(15-29-24(17)21)11-13-28-27-30-25-23-22(32-33(25)2)12-14-34(26(23)31-27)16-18-7-9-20(35-3)10-8-18/h4-10,15,22,29,32H,11-14,16H2,1-3H3,(H,28,30,31). The van der Waals surface area contributed by atoms with Gasteiger partial charge < -0.3 is 19.9 Å². The molecule has 0 saturated carbocycles. The summed E-state index contributed by atoms with van der Waals surface area (Å²) in [4.78, 5) is 15.7. The molecule has 6 rings (SSSR count). The van der Waals surface area contributed by atoms with Gasteiger partial charge in [-0.2, -0.15) is 9.97 Å². The lowest BCUT2D eigenvalue weighted by Crippen LogP contribution is -2.36. The van der Waals surface area contributed by atoms with Crippen LogP contribution >= 0.6 is 0 Å². The third-order valence-corrected chi connectivity index (χ3v) is 7.13. The molecule has 4 heterocycles. The summed E-state index contributed by atoms with van der Waals surface area (Å²) in [7, 11) is 3.73. The zero-order valence-electron chi connectivity index (χ0n) is 20.4. The van der Waals surface area contributed by atoms with Crippen LogP contribution in [0.3, 0.4) is 0 Å². The van der Waals surface area contributed by atoms with Crippen molar-refractivity contribution in [1.29, 1.82) is 0 Å². The zero-order valence-corrected chi connectivity index (χ0v) is 20.4. The number of fused-ring (bicyclic) bond motifs is 1. The first-order chi connectivity index (χ1) is 17.1. The number of aromatic amines is 1. The molecule has 0 saturated heterocycles. The molecule has 8 heteroatoms. The van der Waals surface area contributed by atoms with E-state index in [4.69, 9.17) is 14.7 Å². The fourth-order valence-corrected chi connectivity index (χ4v) is 5.28. The molecule has 0 amide bonds. The molecule has 1 unspecified atom stereocenters. The van der Waals surface area contributed by atoms with Gasteiger partial charge in [-0.15, -0.1) is 0 Å². The first-order valence-electron chi connectivity index (χ1n) is 12.2. The molecule has 0 bridgehead atoms.